The van der Waals surface area contributed by atoms with Gasteiger partial charge in [-0.15, -0.1) is 0 Å². The lowest BCUT2D eigenvalue weighted by Gasteiger charge is -2.42. The molecule has 0 aromatic heterocycles. The first-order chi connectivity index (χ1) is 9.46. The Kier molecular flexibility index (Phi) is 4.71. The van der Waals surface area contributed by atoms with Gasteiger partial charge in [-0.2, -0.15) is 0 Å². The molecule has 1 fully saturated rings. The first kappa shape index (κ1) is 15.3. The number of ether oxygens (including phenoxy) is 1. The molecule has 1 saturated heterocycles. The van der Waals surface area contributed by atoms with E-state index in [4.69, 9.17) is 4.74 Å². The van der Waals surface area contributed by atoms with E-state index in [9.17, 15) is 0 Å². The van der Waals surface area contributed by atoms with Gasteiger partial charge in [-0.25, -0.2) is 0 Å². The Morgan fingerprint density at radius 2 is 1.85 bits per heavy atom. The van der Waals surface area contributed by atoms with Gasteiger partial charge in [0.2, 0.25) is 0 Å². The van der Waals surface area contributed by atoms with Crippen molar-refractivity contribution in [3.63, 3.8) is 0 Å². The lowest BCUT2D eigenvalue weighted by molar-refractivity contribution is 0.0999. The number of hydrogen-bond acceptors (Lipinski definition) is 3. The highest BCUT2D eigenvalue weighted by Gasteiger charge is 2.32. The highest BCUT2D eigenvalue weighted by molar-refractivity contribution is 5.42. The van der Waals surface area contributed by atoms with E-state index in [0.29, 0.717) is 5.92 Å². The summed E-state index contributed by atoms with van der Waals surface area (Å²) in [4.78, 5) is 2.54. The molecule has 1 heterocycles. The van der Waals surface area contributed by atoms with Gasteiger partial charge in [0, 0.05) is 37.3 Å². The van der Waals surface area contributed by atoms with Crippen LogP contribution in [0.5, 0.6) is 5.75 Å². The van der Waals surface area contributed by atoms with Crippen LogP contribution in [-0.4, -0.2) is 38.2 Å². The maximum atomic E-state index is 5.67. The molecule has 0 spiro atoms. The fraction of sp³-hybridized carbons (Fsp3) is 0.647. The van der Waals surface area contributed by atoms with Gasteiger partial charge >= 0.3 is 0 Å². The molecule has 0 bridgehead atoms. The molecule has 3 heteroatoms. The van der Waals surface area contributed by atoms with Crippen molar-refractivity contribution < 1.29 is 4.74 Å². The van der Waals surface area contributed by atoms with Crippen LogP contribution in [0.1, 0.15) is 44.7 Å². The van der Waals surface area contributed by atoms with Crippen LogP contribution >= 0.6 is 0 Å². The Balaban J connectivity index is 2.34. The molecule has 3 nitrogen and oxygen atoms in total. The van der Waals surface area contributed by atoms with Crippen molar-refractivity contribution >= 4 is 0 Å². The molecule has 20 heavy (non-hydrogen) atoms. The minimum atomic E-state index is 0.00293. The zero-order valence-electron chi connectivity index (χ0n) is 13.5. The first-order valence-corrected chi connectivity index (χ1v) is 7.61. The van der Waals surface area contributed by atoms with E-state index in [1.165, 1.54) is 11.1 Å². The maximum absolute atomic E-state index is 5.67. The van der Waals surface area contributed by atoms with E-state index in [0.717, 1.165) is 31.9 Å². The summed E-state index contributed by atoms with van der Waals surface area (Å²) in [6, 6.07) is 6.69. The van der Waals surface area contributed by atoms with Crippen LogP contribution in [-0.2, 0) is 5.54 Å². The molecule has 0 radical (unpaired) electrons. The summed E-state index contributed by atoms with van der Waals surface area (Å²) < 4.78 is 5.67. The first-order valence-electron chi connectivity index (χ1n) is 7.61. The Labute approximate surface area is 123 Å². The highest BCUT2D eigenvalue weighted by atomic mass is 16.5. The average molecular weight is 276 g/mol. The van der Waals surface area contributed by atoms with Gasteiger partial charge in [0.05, 0.1) is 7.11 Å². The van der Waals surface area contributed by atoms with Crippen molar-refractivity contribution in [1.29, 1.82) is 0 Å². The van der Waals surface area contributed by atoms with E-state index in [1.54, 1.807) is 7.11 Å². The second kappa shape index (κ2) is 6.15. The number of nitrogens with zero attached hydrogens (tertiary/aromatic N) is 1. The summed E-state index contributed by atoms with van der Waals surface area (Å²) in [6.45, 7) is 13.3. The third-order valence-corrected chi connectivity index (χ3v) is 4.46. The van der Waals surface area contributed by atoms with Crippen LogP contribution in [0.3, 0.4) is 0 Å². The molecule has 1 aliphatic rings. The Morgan fingerprint density at radius 1 is 1.20 bits per heavy atom. The summed E-state index contributed by atoms with van der Waals surface area (Å²) in [6.07, 6.45) is 0. The maximum Gasteiger partial charge on any atom is 0.124 e. The van der Waals surface area contributed by atoms with Crippen LogP contribution in [0.4, 0.5) is 0 Å². The van der Waals surface area contributed by atoms with E-state index in [2.05, 4.69) is 56.1 Å². The fourth-order valence-corrected chi connectivity index (χ4v) is 2.97. The van der Waals surface area contributed by atoms with Gasteiger partial charge in [-0.05, 0) is 31.4 Å². The molecule has 1 aromatic carbocycles. The Morgan fingerprint density at radius 3 is 2.40 bits per heavy atom. The minimum Gasteiger partial charge on any atom is -0.496 e. The second-order valence-electron chi connectivity index (χ2n) is 6.41. The smallest absolute Gasteiger partial charge is 0.124 e. The summed E-state index contributed by atoms with van der Waals surface area (Å²) >= 11 is 0. The van der Waals surface area contributed by atoms with Crippen molar-refractivity contribution in [2.24, 2.45) is 0 Å². The summed E-state index contributed by atoms with van der Waals surface area (Å²) in [5, 5.41) is 3.42. The van der Waals surface area contributed by atoms with Gasteiger partial charge in [-0.1, -0.05) is 26.0 Å². The summed E-state index contributed by atoms with van der Waals surface area (Å²) in [5.74, 6) is 1.54. The molecule has 0 saturated carbocycles. The van der Waals surface area contributed by atoms with Gasteiger partial charge in [0.1, 0.15) is 5.75 Å². The molecular formula is C17H28N2O. The Hall–Kier alpha value is -1.06. The lowest BCUT2D eigenvalue weighted by Crippen LogP contribution is -2.51. The van der Waals surface area contributed by atoms with Crippen LogP contribution < -0.4 is 10.1 Å². The standard InChI is InChI=1S/C17H28N2O/c1-13(2)14-6-7-15(16(12-14)20-5)17(3,4)19-10-8-18-9-11-19/h6-7,12-13,18H,8-11H2,1-5H3. The SMILES string of the molecule is COc1cc(C(C)C)ccc1C(C)(C)N1CCNCC1. The van der Waals surface area contributed by atoms with Crippen molar-refractivity contribution in [1.82, 2.24) is 10.2 Å². The molecule has 1 N–H and O–H groups in total. The monoisotopic (exact) mass is 276 g/mol. The van der Waals surface area contributed by atoms with Gasteiger partial charge < -0.3 is 10.1 Å². The second-order valence-corrected chi connectivity index (χ2v) is 6.41. The van der Waals surface area contributed by atoms with Gasteiger partial charge in [0.15, 0.2) is 0 Å². The molecule has 112 valence electrons. The third-order valence-electron chi connectivity index (χ3n) is 4.46. The highest BCUT2D eigenvalue weighted by Crippen LogP contribution is 2.36. The van der Waals surface area contributed by atoms with Crippen molar-refractivity contribution in [3.8, 4) is 5.75 Å². The van der Waals surface area contributed by atoms with E-state index < -0.39 is 0 Å². The fourth-order valence-electron chi connectivity index (χ4n) is 2.97. The largest absolute Gasteiger partial charge is 0.496 e. The molecule has 1 aromatic rings. The lowest BCUT2D eigenvalue weighted by atomic mass is 9.88. The molecule has 0 unspecified atom stereocenters. The number of piperazine rings is 1. The number of methoxy groups -OCH3 is 1. The van der Waals surface area contributed by atoms with E-state index in [1.807, 2.05) is 0 Å². The topological polar surface area (TPSA) is 24.5 Å². The van der Waals surface area contributed by atoms with Crippen molar-refractivity contribution in [2.75, 3.05) is 33.3 Å². The number of rotatable bonds is 4. The normalized spacial score (nSPS) is 17.5. The molecule has 0 aliphatic carbocycles. The van der Waals surface area contributed by atoms with Crippen LogP contribution in [0.15, 0.2) is 18.2 Å². The molecule has 0 amide bonds. The van der Waals surface area contributed by atoms with Crippen LogP contribution in [0.2, 0.25) is 0 Å². The molecular weight excluding hydrogens is 248 g/mol. The van der Waals surface area contributed by atoms with Gasteiger partial charge in [0.25, 0.3) is 0 Å². The third kappa shape index (κ3) is 2.99. The predicted octanol–water partition coefficient (Wildman–Crippen LogP) is 2.96. The van der Waals surface area contributed by atoms with Gasteiger partial charge in [-0.3, -0.25) is 4.90 Å². The van der Waals surface area contributed by atoms with Crippen LogP contribution in [0, 0.1) is 0 Å². The van der Waals surface area contributed by atoms with Crippen LogP contribution in [0.25, 0.3) is 0 Å². The average Bonchev–Trinajstić information content (AvgIpc) is 2.47. The number of hydrogen-bond donors (Lipinski definition) is 1. The number of nitrogens with one attached hydrogen (secondary N) is 1. The Bertz CT molecular complexity index is 448. The zero-order valence-corrected chi connectivity index (χ0v) is 13.5. The molecule has 0 atom stereocenters. The molecule has 2 rings (SSSR count). The quantitative estimate of drug-likeness (QED) is 0.915. The van der Waals surface area contributed by atoms with Crippen molar-refractivity contribution in [2.45, 2.75) is 39.2 Å². The molecule has 1 aliphatic heterocycles. The minimum absolute atomic E-state index is 0.00293. The summed E-state index contributed by atoms with van der Waals surface area (Å²) in [7, 11) is 1.77. The zero-order chi connectivity index (χ0) is 14.8. The number of benzene rings is 1. The van der Waals surface area contributed by atoms with E-state index in [-0.39, 0.29) is 5.54 Å². The predicted molar refractivity (Wildman–Crippen MR) is 84.6 cm³/mol. The van der Waals surface area contributed by atoms with Crippen molar-refractivity contribution in [3.05, 3.63) is 29.3 Å². The van der Waals surface area contributed by atoms with E-state index >= 15 is 0 Å². The summed E-state index contributed by atoms with van der Waals surface area (Å²) in [5.41, 5.74) is 2.62.